The molecule has 2 rings (SSSR count). The number of methoxy groups -OCH3 is 1. The van der Waals surface area contributed by atoms with Gasteiger partial charge in [0.25, 0.3) is 5.91 Å². The lowest BCUT2D eigenvalue weighted by atomic mass is 10.0. The molecule has 0 saturated carbocycles. The number of nitrogens with zero attached hydrogens (tertiary/aromatic N) is 1. The van der Waals surface area contributed by atoms with E-state index in [1.165, 1.54) is 25.1 Å². The molecule has 1 aromatic carbocycles. The third kappa shape index (κ3) is 1.92. The fourth-order valence-corrected chi connectivity index (χ4v) is 1.83. The predicted molar refractivity (Wildman–Crippen MR) is 63.4 cm³/mol. The second-order valence-corrected chi connectivity index (χ2v) is 3.93. The van der Waals surface area contributed by atoms with Gasteiger partial charge < -0.3 is 15.0 Å². The highest BCUT2D eigenvalue weighted by molar-refractivity contribution is 6.14. The number of rotatable bonds is 1. The van der Waals surface area contributed by atoms with Gasteiger partial charge in [0.15, 0.2) is 0 Å². The monoisotopic (exact) mass is 248 g/mol. The molecular weight excluding hydrogens is 236 g/mol. The zero-order valence-corrected chi connectivity index (χ0v) is 10.0. The first-order chi connectivity index (χ1) is 8.54. The maximum atomic E-state index is 12.1. The third-order valence-electron chi connectivity index (χ3n) is 2.69. The molecule has 94 valence electrons. The zero-order chi connectivity index (χ0) is 13.3. The number of fused-ring (bicyclic) bond motifs is 1. The van der Waals surface area contributed by atoms with Crippen LogP contribution in [0.5, 0.6) is 0 Å². The molecule has 6 heteroatoms. The summed E-state index contributed by atoms with van der Waals surface area (Å²) in [5.41, 5.74) is 0.643. The van der Waals surface area contributed by atoms with E-state index < -0.39 is 5.97 Å². The summed E-state index contributed by atoms with van der Waals surface area (Å²) >= 11 is 0. The fraction of sp³-hybridized carbons (Fsp3) is 0.250. The third-order valence-corrected chi connectivity index (χ3v) is 2.69. The van der Waals surface area contributed by atoms with Gasteiger partial charge in [0.2, 0.25) is 5.91 Å². The number of likely N-dealkylation sites (N-methyl/N-ethyl adjacent to an activating group) is 1. The van der Waals surface area contributed by atoms with Gasteiger partial charge >= 0.3 is 5.97 Å². The lowest BCUT2D eigenvalue weighted by Gasteiger charge is -2.14. The van der Waals surface area contributed by atoms with Crippen molar-refractivity contribution in [3.8, 4) is 0 Å². The molecule has 0 radical (unpaired) electrons. The summed E-state index contributed by atoms with van der Waals surface area (Å²) in [6.07, 6.45) is 0. The lowest BCUT2D eigenvalue weighted by molar-refractivity contribution is -0.116. The molecule has 0 saturated heterocycles. The molecule has 0 atom stereocenters. The van der Waals surface area contributed by atoms with Crippen LogP contribution in [-0.2, 0) is 9.53 Å². The molecule has 0 aromatic heterocycles. The summed E-state index contributed by atoms with van der Waals surface area (Å²) in [5.74, 6) is -1.29. The van der Waals surface area contributed by atoms with E-state index in [0.717, 1.165) is 0 Å². The lowest BCUT2D eigenvalue weighted by Crippen LogP contribution is -2.31. The topological polar surface area (TPSA) is 75.7 Å². The van der Waals surface area contributed by atoms with E-state index in [4.69, 9.17) is 0 Å². The number of carbonyl (C=O) groups excluding carboxylic acids is 3. The summed E-state index contributed by atoms with van der Waals surface area (Å²) in [4.78, 5) is 36.6. The number of hydrogen-bond acceptors (Lipinski definition) is 4. The molecule has 1 aromatic rings. The molecule has 1 aliphatic heterocycles. The van der Waals surface area contributed by atoms with Gasteiger partial charge in [0.1, 0.15) is 0 Å². The molecule has 0 aliphatic carbocycles. The van der Waals surface area contributed by atoms with Gasteiger partial charge in [-0.15, -0.1) is 0 Å². The van der Waals surface area contributed by atoms with Crippen molar-refractivity contribution in [1.82, 2.24) is 4.90 Å². The zero-order valence-electron chi connectivity index (χ0n) is 10.0. The van der Waals surface area contributed by atoms with Crippen LogP contribution in [0.2, 0.25) is 0 Å². The van der Waals surface area contributed by atoms with Gasteiger partial charge in [-0.3, -0.25) is 9.59 Å². The minimum atomic E-state index is -0.607. The van der Waals surface area contributed by atoms with Gasteiger partial charge in [-0.05, 0) is 12.1 Å². The Bertz CT molecular complexity index is 539. The number of amides is 2. The SMILES string of the molecule is COC(=O)c1cccc2c1C(=O)N(C)CC(=O)N2. The molecular formula is C12H12N2O4. The quantitative estimate of drug-likeness (QED) is 0.734. The number of ether oxygens (including phenoxy) is 1. The molecule has 0 fully saturated rings. The van der Waals surface area contributed by atoms with E-state index in [0.29, 0.717) is 5.69 Å². The summed E-state index contributed by atoms with van der Waals surface area (Å²) < 4.78 is 4.63. The molecule has 6 nitrogen and oxygen atoms in total. The number of hydrogen-bond donors (Lipinski definition) is 1. The average Bonchev–Trinajstić information content (AvgIpc) is 2.46. The van der Waals surface area contributed by atoms with E-state index in [-0.39, 0.29) is 29.5 Å². The number of carbonyl (C=O) groups is 3. The Balaban J connectivity index is 2.62. The van der Waals surface area contributed by atoms with Crippen molar-refractivity contribution in [1.29, 1.82) is 0 Å². The van der Waals surface area contributed by atoms with Crippen molar-refractivity contribution in [2.24, 2.45) is 0 Å². The molecule has 0 bridgehead atoms. The van der Waals surface area contributed by atoms with Gasteiger partial charge in [-0.2, -0.15) is 0 Å². The molecule has 1 N–H and O–H groups in total. The number of anilines is 1. The van der Waals surface area contributed by atoms with Gasteiger partial charge in [0, 0.05) is 7.05 Å². The number of esters is 1. The average molecular weight is 248 g/mol. The first kappa shape index (κ1) is 12.1. The molecule has 2 amide bonds. The summed E-state index contributed by atoms with van der Waals surface area (Å²) in [6, 6.07) is 4.66. The Morgan fingerprint density at radius 2 is 2.11 bits per heavy atom. The van der Waals surface area contributed by atoms with Crippen LogP contribution in [0.4, 0.5) is 5.69 Å². The fourth-order valence-electron chi connectivity index (χ4n) is 1.83. The highest BCUT2D eigenvalue weighted by Gasteiger charge is 2.28. The first-order valence-electron chi connectivity index (χ1n) is 5.31. The normalized spacial score (nSPS) is 14.7. The number of nitrogens with one attached hydrogen (secondary N) is 1. The molecule has 1 aliphatic rings. The van der Waals surface area contributed by atoms with Crippen LogP contribution in [0, 0.1) is 0 Å². The predicted octanol–water partition coefficient (Wildman–Crippen LogP) is 0.497. The van der Waals surface area contributed by atoms with Crippen LogP contribution in [0.25, 0.3) is 0 Å². The van der Waals surface area contributed by atoms with Gasteiger partial charge in [0.05, 0.1) is 30.5 Å². The van der Waals surface area contributed by atoms with Crippen LogP contribution in [0.3, 0.4) is 0 Å². The Labute approximate surface area is 104 Å². The van der Waals surface area contributed by atoms with E-state index in [1.807, 2.05) is 0 Å². The van der Waals surface area contributed by atoms with Crippen molar-refractivity contribution in [3.05, 3.63) is 29.3 Å². The van der Waals surface area contributed by atoms with Crippen LogP contribution in [-0.4, -0.2) is 43.4 Å². The minimum absolute atomic E-state index is 0.0475. The van der Waals surface area contributed by atoms with E-state index in [2.05, 4.69) is 10.1 Å². The maximum Gasteiger partial charge on any atom is 0.338 e. The van der Waals surface area contributed by atoms with Crippen molar-refractivity contribution in [2.75, 3.05) is 26.0 Å². The van der Waals surface area contributed by atoms with Crippen molar-refractivity contribution >= 4 is 23.5 Å². The van der Waals surface area contributed by atoms with Crippen LogP contribution in [0.15, 0.2) is 18.2 Å². The second-order valence-electron chi connectivity index (χ2n) is 3.93. The first-order valence-corrected chi connectivity index (χ1v) is 5.31. The molecule has 0 spiro atoms. The standard InChI is InChI=1S/C12H12N2O4/c1-14-6-9(15)13-8-5-3-4-7(12(17)18-2)10(8)11(14)16/h3-5H,6H2,1-2H3,(H,13,15). The smallest absolute Gasteiger partial charge is 0.338 e. The highest BCUT2D eigenvalue weighted by Crippen LogP contribution is 2.24. The summed E-state index contributed by atoms with van der Waals surface area (Å²) in [6.45, 7) is -0.0475. The molecule has 1 heterocycles. The number of benzene rings is 1. The van der Waals surface area contributed by atoms with E-state index >= 15 is 0 Å². The van der Waals surface area contributed by atoms with Crippen molar-refractivity contribution in [3.63, 3.8) is 0 Å². The van der Waals surface area contributed by atoms with Crippen LogP contribution >= 0.6 is 0 Å². The highest BCUT2D eigenvalue weighted by atomic mass is 16.5. The Kier molecular flexibility index (Phi) is 3.01. The van der Waals surface area contributed by atoms with Gasteiger partial charge in [-0.25, -0.2) is 4.79 Å². The van der Waals surface area contributed by atoms with E-state index in [1.54, 1.807) is 12.1 Å². The van der Waals surface area contributed by atoms with Crippen LogP contribution < -0.4 is 5.32 Å². The maximum absolute atomic E-state index is 12.1. The Morgan fingerprint density at radius 3 is 2.78 bits per heavy atom. The van der Waals surface area contributed by atoms with Gasteiger partial charge in [-0.1, -0.05) is 6.07 Å². The summed E-state index contributed by atoms with van der Waals surface area (Å²) in [7, 11) is 2.75. The molecule has 0 unspecified atom stereocenters. The minimum Gasteiger partial charge on any atom is -0.465 e. The Hall–Kier alpha value is -2.37. The van der Waals surface area contributed by atoms with E-state index in [9.17, 15) is 14.4 Å². The largest absolute Gasteiger partial charge is 0.465 e. The van der Waals surface area contributed by atoms with Crippen LogP contribution in [0.1, 0.15) is 20.7 Å². The van der Waals surface area contributed by atoms with Crippen molar-refractivity contribution in [2.45, 2.75) is 0 Å². The molecule has 18 heavy (non-hydrogen) atoms. The Morgan fingerprint density at radius 1 is 1.39 bits per heavy atom. The second kappa shape index (κ2) is 4.48. The van der Waals surface area contributed by atoms with Crippen molar-refractivity contribution < 1.29 is 19.1 Å². The summed E-state index contributed by atoms with van der Waals surface area (Å²) in [5, 5.41) is 2.59.